The van der Waals surface area contributed by atoms with E-state index in [1.165, 1.54) is 6.07 Å². The van der Waals surface area contributed by atoms with Crippen LogP contribution < -0.4 is 5.73 Å². The molecule has 2 N–H and O–H groups in total. The molecule has 0 unspecified atom stereocenters. The molecule has 0 spiro atoms. The molecule has 0 amide bonds. The fraction of sp³-hybridized carbons (Fsp3) is 0.167. The van der Waals surface area contributed by atoms with E-state index in [1.54, 1.807) is 0 Å². The second-order valence-electron chi connectivity index (χ2n) is 4.08. The Balaban J connectivity index is 2.55. The van der Waals surface area contributed by atoms with Gasteiger partial charge in [0.25, 0.3) is 0 Å². The predicted molar refractivity (Wildman–Crippen MR) is 61.9 cm³/mol. The number of hydrogen-bond donors (Lipinski definition) is 1. The third-order valence-corrected chi connectivity index (χ3v) is 2.49. The van der Waals surface area contributed by atoms with Crippen molar-refractivity contribution in [2.75, 3.05) is 5.73 Å². The Bertz CT molecular complexity index is 663. The second-order valence-corrected chi connectivity index (χ2v) is 4.08. The molecular formula is C12H7F6N3. The molecular weight excluding hydrogens is 300 g/mol. The minimum Gasteiger partial charge on any atom is -0.384 e. The van der Waals surface area contributed by atoms with Gasteiger partial charge in [-0.2, -0.15) is 26.3 Å². The van der Waals surface area contributed by atoms with Gasteiger partial charge in [-0.15, -0.1) is 0 Å². The van der Waals surface area contributed by atoms with E-state index in [0.717, 1.165) is 18.2 Å². The van der Waals surface area contributed by atoms with Crippen LogP contribution in [0.5, 0.6) is 0 Å². The molecule has 1 aromatic heterocycles. The van der Waals surface area contributed by atoms with Crippen LogP contribution in [0.15, 0.2) is 30.3 Å². The Morgan fingerprint density at radius 2 is 1.52 bits per heavy atom. The van der Waals surface area contributed by atoms with Crippen molar-refractivity contribution < 1.29 is 26.3 Å². The molecule has 0 saturated carbocycles. The Kier molecular flexibility index (Phi) is 3.52. The zero-order chi connectivity index (χ0) is 15.8. The highest BCUT2D eigenvalue weighted by Crippen LogP contribution is 2.33. The van der Waals surface area contributed by atoms with Gasteiger partial charge in [-0.25, -0.2) is 9.97 Å². The zero-order valence-corrected chi connectivity index (χ0v) is 10.1. The summed E-state index contributed by atoms with van der Waals surface area (Å²) in [6.07, 6.45) is -9.45. The summed E-state index contributed by atoms with van der Waals surface area (Å²) >= 11 is 0. The summed E-state index contributed by atoms with van der Waals surface area (Å²) in [6, 6.07) is 4.76. The fourth-order valence-electron chi connectivity index (χ4n) is 1.60. The first kappa shape index (κ1) is 15.1. The number of nitrogen functional groups attached to an aromatic ring is 1. The van der Waals surface area contributed by atoms with Crippen LogP contribution in [0.1, 0.15) is 11.4 Å². The number of halogens is 6. The van der Waals surface area contributed by atoms with Gasteiger partial charge < -0.3 is 5.73 Å². The van der Waals surface area contributed by atoms with Crippen molar-refractivity contribution >= 4 is 5.82 Å². The van der Waals surface area contributed by atoms with Crippen LogP contribution in [0.2, 0.25) is 0 Å². The number of rotatable bonds is 1. The lowest BCUT2D eigenvalue weighted by atomic mass is 10.1. The van der Waals surface area contributed by atoms with Gasteiger partial charge in [-0.1, -0.05) is 12.1 Å². The first-order chi connectivity index (χ1) is 9.57. The lowest BCUT2D eigenvalue weighted by Gasteiger charge is -2.10. The van der Waals surface area contributed by atoms with E-state index in [1.807, 2.05) is 0 Å². The molecule has 0 saturated heterocycles. The van der Waals surface area contributed by atoms with Crippen molar-refractivity contribution in [1.82, 2.24) is 9.97 Å². The predicted octanol–water partition coefficient (Wildman–Crippen LogP) is 3.76. The molecule has 1 heterocycles. The lowest BCUT2D eigenvalue weighted by molar-refractivity contribution is -0.144. The molecule has 0 bridgehead atoms. The number of aromatic nitrogens is 2. The Morgan fingerprint density at radius 1 is 0.857 bits per heavy atom. The largest absolute Gasteiger partial charge is 0.451 e. The van der Waals surface area contributed by atoms with E-state index in [9.17, 15) is 26.3 Å². The van der Waals surface area contributed by atoms with Gasteiger partial charge in [0.15, 0.2) is 0 Å². The van der Waals surface area contributed by atoms with Crippen LogP contribution in [0.4, 0.5) is 32.2 Å². The second kappa shape index (κ2) is 4.90. The van der Waals surface area contributed by atoms with Crippen molar-refractivity contribution in [3.63, 3.8) is 0 Å². The van der Waals surface area contributed by atoms with Crippen LogP contribution in [0.25, 0.3) is 11.3 Å². The molecule has 2 rings (SSSR count). The Morgan fingerprint density at radius 3 is 2.10 bits per heavy atom. The zero-order valence-electron chi connectivity index (χ0n) is 10.1. The average molecular weight is 307 g/mol. The fourth-order valence-corrected chi connectivity index (χ4v) is 1.60. The van der Waals surface area contributed by atoms with Crippen LogP contribution in [-0.2, 0) is 12.4 Å². The number of anilines is 1. The normalized spacial score (nSPS) is 12.5. The summed E-state index contributed by atoms with van der Waals surface area (Å²) in [5, 5.41) is 0. The van der Waals surface area contributed by atoms with Gasteiger partial charge in [-0.3, -0.25) is 0 Å². The molecule has 2 aromatic rings. The van der Waals surface area contributed by atoms with Crippen LogP contribution >= 0.6 is 0 Å². The Hall–Kier alpha value is -2.32. The van der Waals surface area contributed by atoms with Crippen molar-refractivity contribution in [3.05, 3.63) is 41.7 Å². The van der Waals surface area contributed by atoms with Crippen molar-refractivity contribution in [2.24, 2.45) is 0 Å². The minimum absolute atomic E-state index is 0.135. The monoisotopic (exact) mass is 307 g/mol. The summed E-state index contributed by atoms with van der Waals surface area (Å²) in [5.74, 6) is -1.99. The van der Waals surface area contributed by atoms with Gasteiger partial charge in [0.2, 0.25) is 5.82 Å². The average Bonchev–Trinajstić information content (AvgIpc) is 2.36. The van der Waals surface area contributed by atoms with E-state index >= 15 is 0 Å². The molecule has 0 aliphatic heterocycles. The topological polar surface area (TPSA) is 51.8 Å². The van der Waals surface area contributed by atoms with Crippen molar-refractivity contribution in [2.45, 2.75) is 12.4 Å². The number of alkyl halides is 6. The first-order valence-electron chi connectivity index (χ1n) is 5.47. The summed E-state index contributed by atoms with van der Waals surface area (Å²) in [6.45, 7) is 0. The molecule has 1 aromatic carbocycles. The third kappa shape index (κ3) is 3.41. The number of hydrogen-bond acceptors (Lipinski definition) is 3. The molecule has 21 heavy (non-hydrogen) atoms. The number of nitrogens with two attached hydrogens (primary N) is 1. The number of nitrogens with zero attached hydrogens (tertiary/aromatic N) is 2. The molecule has 3 nitrogen and oxygen atoms in total. The smallest absolute Gasteiger partial charge is 0.384 e. The Labute approximate surface area is 114 Å². The molecule has 9 heteroatoms. The lowest BCUT2D eigenvalue weighted by Crippen LogP contribution is -2.13. The summed E-state index contributed by atoms with van der Waals surface area (Å²) in [5.41, 5.74) is 3.78. The molecule has 0 aliphatic rings. The maximum absolute atomic E-state index is 12.6. The molecule has 0 aliphatic carbocycles. The third-order valence-electron chi connectivity index (χ3n) is 2.49. The first-order valence-corrected chi connectivity index (χ1v) is 5.47. The van der Waals surface area contributed by atoms with E-state index < -0.39 is 29.6 Å². The quantitative estimate of drug-likeness (QED) is 0.816. The van der Waals surface area contributed by atoms with E-state index in [2.05, 4.69) is 9.97 Å². The van der Waals surface area contributed by atoms with Crippen LogP contribution in [-0.4, -0.2) is 9.97 Å². The van der Waals surface area contributed by atoms with Crippen molar-refractivity contribution in [1.29, 1.82) is 0 Å². The van der Waals surface area contributed by atoms with Gasteiger partial charge in [0, 0.05) is 11.6 Å². The van der Waals surface area contributed by atoms with Crippen LogP contribution in [0.3, 0.4) is 0 Å². The highest BCUT2D eigenvalue weighted by molar-refractivity contribution is 5.63. The van der Waals surface area contributed by atoms with E-state index in [-0.39, 0.29) is 11.3 Å². The van der Waals surface area contributed by atoms with Crippen LogP contribution in [0, 0.1) is 0 Å². The maximum Gasteiger partial charge on any atom is 0.451 e. The summed E-state index contributed by atoms with van der Waals surface area (Å²) in [7, 11) is 0. The van der Waals surface area contributed by atoms with E-state index in [0.29, 0.717) is 6.07 Å². The maximum atomic E-state index is 12.6. The highest BCUT2D eigenvalue weighted by Gasteiger charge is 2.35. The number of benzene rings is 1. The molecule has 112 valence electrons. The molecule has 0 fully saturated rings. The molecule has 0 atom stereocenters. The minimum atomic E-state index is -4.84. The summed E-state index contributed by atoms with van der Waals surface area (Å²) in [4.78, 5) is 6.24. The summed E-state index contributed by atoms with van der Waals surface area (Å²) < 4.78 is 75.5. The standard InChI is InChI=1S/C12H7F6N3/c13-11(14,15)7-3-1-2-6(4-7)8-5-9(19)21-10(20-8)12(16,17)18/h1-5H,(H2,19,20,21). The van der Waals surface area contributed by atoms with Gasteiger partial charge in [0.05, 0.1) is 11.3 Å². The molecule has 0 radical (unpaired) electrons. The van der Waals surface area contributed by atoms with Crippen molar-refractivity contribution in [3.8, 4) is 11.3 Å². The van der Waals surface area contributed by atoms with Gasteiger partial charge >= 0.3 is 12.4 Å². The van der Waals surface area contributed by atoms with E-state index in [4.69, 9.17) is 5.73 Å². The highest BCUT2D eigenvalue weighted by atomic mass is 19.4. The SMILES string of the molecule is Nc1cc(-c2cccc(C(F)(F)F)c2)nc(C(F)(F)F)n1. The van der Waals surface area contributed by atoms with Gasteiger partial charge in [-0.05, 0) is 12.1 Å². The van der Waals surface area contributed by atoms with Gasteiger partial charge in [0.1, 0.15) is 5.82 Å².